The molecule has 1 saturated heterocycles. The summed E-state index contributed by atoms with van der Waals surface area (Å²) in [5, 5.41) is 6.84. The summed E-state index contributed by atoms with van der Waals surface area (Å²) in [5.41, 5.74) is 0. The molecule has 0 aromatic carbocycles. The number of carbonyl (C=O) groups is 3. The first kappa shape index (κ1) is 17.4. The highest BCUT2D eigenvalue weighted by molar-refractivity contribution is 7.55. The van der Waals surface area contributed by atoms with Gasteiger partial charge in [-0.3, -0.25) is 9.88 Å². The molecule has 1 rings (SSSR count). The number of urea groups is 1. The summed E-state index contributed by atoms with van der Waals surface area (Å²) in [4.78, 5) is 34.4. The van der Waals surface area contributed by atoms with Crippen LogP contribution < -0.4 is 15.5 Å². The molecule has 120 valence electrons. The Hall–Kier alpha value is -1.64. The molecule has 0 aromatic heterocycles. The van der Waals surface area contributed by atoms with Gasteiger partial charge < -0.3 is 19.3 Å². The number of ether oxygens (including phenoxy) is 2. The lowest BCUT2D eigenvalue weighted by molar-refractivity contribution is -0.149. The highest BCUT2D eigenvalue weighted by Crippen LogP contribution is 2.39. The second-order valence-corrected chi connectivity index (χ2v) is 5.99. The van der Waals surface area contributed by atoms with Crippen LogP contribution in [0.1, 0.15) is 12.8 Å². The maximum atomic E-state index is 12.0. The zero-order valence-corrected chi connectivity index (χ0v) is 12.6. The van der Waals surface area contributed by atoms with Gasteiger partial charge in [-0.1, -0.05) is 0 Å². The van der Waals surface area contributed by atoms with Crippen LogP contribution in [0.4, 0.5) is 4.79 Å². The minimum absolute atomic E-state index is 0.243. The predicted molar refractivity (Wildman–Crippen MR) is 70.3 cm³/mol. The number of hydrogen-bond donors (Lipinski definition) is 3. The molecular weight excluding hydrogens is 305 g/mol. The molecule has 3 N–H and O–H groups in total. The van der Waals surface area contributed by atoms with Crippen molar-refractivity contribution in [1.29, 1.82) is 0 Å². The van der Waals surface area contributed by atoms with Gasteiger partial charge in [-0.2, -0.15) is 0 Å². The quantitative estimate of drug-likeness (QED) is 0.456. The molecule has 1 aliphatic rings. The summed E-state index contributed by atoms with van der Waals surface area (Å²) in [6.07, 6.45) is 0.260. The van der Waals surface area contributed by atoms with Gasteiger partial charge in [0, 0.05) is 6.54 Å². The third-order valence-corrected chi connectivity index (χ3v) is 4.24. The van der Waals surface area contributed by atoms with Crippen LogP contribution >= 0.6 is 7.67 Å². The summed E-state index contributed by atoms with van der Waals surface area (Å²) in [7, 11) is -1.23. The van der Waals surface area contributed by atoms with Crippen molar-refractivity contribution in [3.05, 3.63) is 0 Å². The van der Waals surface area contributed by atoms with Gasteiger partial charge in [0.1, 0.15) is 6.04 Å². The Kier molecular flexibility index (Phi) is 6.60. The Morgan fingerprint density at radius 3 is 2.57 bits per heavy atom. The Bertz CT molecular complexity index is 446. The van der Waals surface area contributed by atoms with Crippen molar-refractivity contribution < 1.29 is 32.9 Å². The van der Waals surface area contributed by atoms with E-state index in [-0.39, 0.29) is 6.61 Å². The van der Waals surface area contributed by atoms with E-state index in [4.69, 9.17) is 4.52 Å². The molecule has 2 amide bonds. The second-order valence-electron chi connectivity index (χ2n) is 4.09. The van der Waals surface area contributed by atoms with Gasteiger partial charge in [-0.25, -0.2) is 19.2 Å². The summed E-state index contributed by atoms with van der Waals surface area (Å²) in [5.74, 6) is -1.53. The minimum atomic E-state index is -3.49. The van der Waals surface area contributed by atoms with Crippen molar-refractivity contribution in [1.82, 2.24) is 15.5 Å². The molecule has 11 heteroatoms. The average Bonchev–Trinajstić information content (AvgIpc) is 2.45. The number of nitrogens with one attached hydrogen (secondary N) is 3. The van der Waals surface area contributed by atoms with Crippen LogP contribution in [0.2, 0.25) is 0 Å². The van der Waals surface area contributed by atoms with Crippen LogP contribution in [0.15, 0.2) is 0 Å². The zero-order chi connectivity index (χ0) is 15.9. The lowest BCUT2D eigenvalue weighted by Crippen LogP contribution is -2.48. The topological polar surface area (TPSA) is 132 Å². The Balaban J connectivity index is 2.60. The van der Waals surface area contributed by atoms with Gasteiger partial charge in [0.15, 0.2) is 0 Å². The lowest BCUT2D eigenvalue weighted by atomic mass is 10.2. The first-order chi connectivity index (χ1) is 9.90. The molecule has 2 atom stereocenters. The fourth-order valence-corrected chi connectivity index (χ4v) is 2.92. The number of amides is 2. The first-order valence-electron chi connectivity index (χ1n) is 6.13. The highest BCUT2D eigenvalue weighted by Gasteiger charge is 2.31. The van der Waals surface area contributed by atoms with Crippen molar-refractivity contribution in [3.8, 4) is 0 Å². The molecule has 0 bridgehead atoms. The van der Waals surface area contributed by atoms with Crippen LogP contribution in [0, 0.1) is 0 Å². The van der Waals surface area contributed by atoms with E-state index in [1.807, 2.05) is 0 Å². The van der Waals surface area contributed by atoms with Crippen LogP contribution in [0.3, 0.4) is 0 Å². The molecule has 0 radical (unpaired) electrons. The van der Waals surface area contributed by atoms with Gasteiger partial charge in [-0.15, -0.1) is 0 Å². The third kappa shape index (κ3) is 5.70. The average molecular weight is 323 g/mol. The van der Waals surface area contributed by atoms with Crippen LogP contribution in [0.25, 0.3) is 0 Å². The van der Waals surface area contributed by atoms with E-state index in [1.165, 1.54) is 0 Å². The van der Waals surface area contributed by atoms with E-state index in [2.05, 4.69) is 25.0 Å². The van der Waals surface area contributed by atoms with Crippen LogP contribution in [-0.4, -0.2) is 51.4 Å². The third-order valence-electron chi connectivity index (χ3n) is 2.55. The zero-order valence-electron chi connectivity index (χ0n) is 11.7. The Morgan fingerprint density at radius 2 is 2.05 bits per heavy atom. The van der Waals surface area contributed by atoms with Crippen molar-refractivity contribution in [2.45, 2.75) is 18.9 Å². The smallest absolute Gasteiger partial charge is 0.369 e. The summed E-state index contributed by atoms with van der Waals surface area (Å²) < 4.78 is 25.9. The van der Waals surface area contributed by atoms with Crippen molar-refractivity contribution in [2.75, 3.05) is 27.4 Å². The number of rotatable bonds is 5. The molecule has 0 spiro atoms. The van der Waals surface area contributed by atoms with E-state index >= 15 is 0 Å². The van der Waals surface area contributed by atoms with Gasteiger partial charge in [0.25, 0.3) is 0 Å². The van der Waals surface area contributed by atoms with Crippen molar-refractivity contribution in [2.24, 2.45) is 0 Å². The molecule has 10 nitrogen and oxygen atoms in total. The molecule has 1 heterocycles. The van der Waals surface area contributed by atoms with Crippen molar-refractivity contribution in [3.63, 3.8) is 0 Å². The van der Waals surface area contributed by atoms with E-state index < -0.39 is 38.1 Å². The predicted octanol–water partition coefficient (Wildman–Crippen LogP) is -0.492. The van der Waals surface area contributed by atoms with E-state index in [0.717, 1.165) is 14.2 Å². The molecule has 0 aliphatic carbocycles. The summed E-state index contributed by atoms with van der Waals surface area (Å²) >= 11 is 0. The fraction of sp³-hybridized carbons (Fsp3) is 0.700. The SMILES string of the molecule is COC(=O)C[C@H](NC(=O)NP1(=O)NCCCO1)C(=O)OC. The molecule has 1 fully saturated rings. The standard InChI is InChI=1S/C10H18N3O7P/c1-18-8(14)6-7(9(15)19-2)12-10(16)13-21(17)11-4-3-5-20-21/h7H,3-6H2,1-2H3,(H3,11,12,13,16,17)/t7-,21?/m0/s1. The van der Waals surface area contributed by atoms with Gasteiger partial charge >= 0.3 is 25.6 Å². The van der Waals surface area contributed by atoms with Gasteiger partial charge in [-0.05, 0) is 6.42 Å². The first-order valence-corrected chi connectivity index (χ1v) is 7.76. The maximum absolute atomic E-state index is 12.0. The van der Waals surface area contributed by atoms with E-state index in [9.17, 15) is 18.9 Å². The maximum Gasteiger partial charge on any atom is 0.369 e. The highest BCUT2D eigenvalue weighted by atomic mass is 31.2. The van der Waals surface area contributed by atoms with E-state index in [0.29, 0.717) is 13.0 Å². The summed E-state index contributed by atoms with van der Waals surface area (Å²) in [6, 6.07) is -2.18. The molecule has 0 aromatic rings. The summed E-state index contributed by atoms with van der Waals surface area (Å²) in [6.45, 7) is 0.674. The second kappa shape index (κ2) is 7.96. The fourth-order valence-electron chi connectivity index (χ4n) is 1.52. The van der Waals surface area contributed by atoms with Gasteiger partial charge in [0.2, 0.25) is 0 Å². The monoisotopic (exact) mass is 323 g/mol. The number of methoxy groups -OCH3 is 2. The van der Waals surface area contributed by atoms with Gasteiger partial charge in [0.05, 0.1) is 27.2 Å². The molecular formula is C10H18N3O7P. The minimum Gasteiger partial charge on any atom is -0.469 e. The molecule has 21 heavy (non-hydrogen) atoms. The lowest BCUT2D eigenvalue weighted by Gasteiger charge is -2.25. The molecule has 1 aliphatic heterocycles. The Morgan fingerprint density at radius 1 is 1.33 bits per heavy atom. The number of carbonyl (C=O) groups excluding carboxylic acids is 3. The molecule has 1 unspecified atom stereocenters. The Labute approximate surface area is 121 Å². The molecule has 0 saturated carbocycles. The number of esters is 2. The number of hydrogen-bond acceptors (Lipinski definition) is 7. The normalized spacial score (nSPS) is 22.8. The van der Waals surface area contributed by atoms with E-state index in [1.54, 1.807) is 0 Å². The van der Waals surface area contributed by atoms with Crippen LogP contribution in [0.5, 0.6) is 0 Å². The largest absolute Gasteiger partial charge is 0.469 e. The van der Waals surface area contributed by atoms with Crippen LogP contribution in [-0.2, 0) is 28.2 Å². The van der Waals surface area contributed by atoms with Crippen molar-refractivity contribution >= 4 is 25.6 Å².